The van der Waals surface area contributed by atoms with Crippen LogP contribution in [0.25, 0.3) is 0 Å². The first kappa shape index (κ1) is 14.7. The van der Waals surface area contributed by atoms with Crippen LogP contribution in [0.4, 0.5) is 15.8 Å². The summed E-state index contributed by atoms with van der Waals surface area (Å²) in [4.78, 5) is 21.2. The van der Waals surface area contributed by atoms with Crippen LogP contribution in [0, 0.1) is 15.9 Å². The Balaban J connectivity index is 2.93. The van der Waals surface area contributed by atoms with E-state index in [-0.39, 0.29) is 12.3 Å². The van der Waals surface area contributed by atoms with E-state index < -0.39 is 28.4 Å². The highest BCUT2D eigenvalue weighted by Crippen LogP contribution is 2.28. The van der Waals surface area contributed by atoms with Gasteiger partial charge in [0.15, 0.2) is 11.7 Å². The molecule has 0 bridgehead atoms. The van der Waals surface area contributed by atoms with E-state index in [1.807, 2.05) is 0 Å². The van der Waals surface area contributed by atoms with E-state index in [4.69, 9.17) is 4.74 Å². The van der Waals surface area contributed by atoms with Gasteiger partial charge < -0.3 is 4.74 Å². The maximum absolute atomic E-state index is 12.9. The summed E-state index contributed by atoms with van der Waals surface area (Å²) in [5, 5.41) is 17.9. The molecule has 7 nitrogen and oxygen atoms in total. The van der Waals surface area contributed by atoms with Gasteiger partial charge in [-0.1, -0.05) is 0 Å². The monoisotopic (exact) mass is 269 g/mol. The highest BCUT2D eigenvalue weighted by atomic mass is 19.1. The fourth-order valence-electron chi connectivity index (χ4n) is 1.19. The topological polar surface area (TPSA) is 94.2 Å². The average molecular weight is 269 g/mol. The van der Waals surface area contributed by atoms with E-state index in [1.165, 1.54) is 6.92 Å². The first-order chi connectivity index (χ1) is 8.95. The molecule has 1 unspecified atom stereocenters. The van der Waals surface area contributed by atoms with Gasteiger partial charge in [-0.25, -0.2) is 9.18 Å². The lowest BCUT2D eigenvalue weighted by Crippen LogP contribution is -2.17. The van der Waals surface area contributed by atoms with Crippen LogP contribution in [0.15, 0.2) is 28.4 Å². The number of azo groups is 1. The lowest BCUT2D eigenvalue weighted by Gasteiger charge is -2.03. The molecule has 0 radical (unpaired) electrons. The smallest absolute Gasteiger partial charge is 0.332 e. The highest BCUT2D eigenvalue weighted by molar-refractivity contribution is 5.75. The first-order valence-corrected chi connectivity index (χ1v) is 5.47. The van der Waals surface area contributed by atoms with E-state index in [1.54, 1.807) is 6.92 Å². The molecule has 0 aliphatic heterocycles. The summed E-state index contributed by atoms with van der Waals surface area (Å²) < 4.78 is 17.6. The normalized spacial score (nSPS) is 12.4. The fraction of sp³-hybridized carbons (Fsp3) is 0.364. The second-order valence-corrected chi connectivity index (χ2v) is 3.53. The molecule has 102 valence electrons. The van der Waals surface area contributed by atoms with Crippen LogP contribution in [-0.2, 0) is 9.53 Å². The summed E-state index contributed by atoms with van der Waals surface area (Å²) in [6, 6.07) is 2.00. The van der Waals surface area contributed by atoms with Gasteiger partial charge >= 0.3 is 5.97 Å². The van der Waals surface area contributed by atoms with Crippen molar-refractivity contribution in [2.75, 3.05) is 6.61 Å². The van der Waals surface area contributed by atoms with Gasteiger partial charge in [0.05, 0.1) is 17.6 Å². The zero-order chi connectivity index (χ0) is 14.4. The largest absolute Gasteiger partial charge is 0.464 e. The molecule has 0 aliphatic rings. The van der Waals surface area contributed by atoms with Crippen molar-refractivity contribution >= 4 is 17.3 Å². The quantitative estimate of drug-likeness (QED) is 0.355. The van der Waals surface area contributed by atoms with Crippen molar-refractivity contribution in [3.63, 3.8) is 0 Å². The molecule has 0 aliphatic carbocycles. The predicted molar refractivity (Wildman–Crippen MR) is 63.7 cm³/mol. The van der Waals surface area contributed by atoms with Gasteiger partial charge in [-0.2, -0.15) is 5.11 Å². The van der Waals surface area contributed by atoms with Crippen LogP contribution in [0.3, 0.4) is 0 Å². The van der Waals surface area contributed by atoms with Gasteiger partial charge in [-0.05, 0) is 26.0 Å². The minimum absolute atomic E-state index is 0.123. The van der Waals surface area contributed by atoms with Crippen molar-refractivity contribution in [1.82, 2.24) is 0 Å². The number of carbonyl (C=O) groups is 1. The van der Waals surface area contributed by atoms with E-state index >= 15 is 0 Å². The number of ether oxygens (including phenoxy) is 1. The molecule has 0 saturated carbocycles. The fourth-order valence-corrected chi connectivity index (χ4v) is 1.19. The van der Waals surface area contributed by atoms with Crippen LogP contribution in [-0.4, -0.2) is 23.5 Å². The number of rotatable bonds is 5. The summed E-state index contributed by atoms with van der Waals surface area (Å²) >= 11 is 0. The standard InChI is InChI=1S/C11H12FN3O4/c1-3-19-11(16)7(2)13-14-9-5-4-8(12)6-10(9)15(17)18/h4-7H,3H2,1-2H3. The number of carbonyl (C=O) groups excluding carboxylic acids is 1. The number of nitro groups is 1. The summed E-state index contributed by atoms with van der Waals surface area (Å²) in [5.74, 6) is -1.33. The van der Waals surface area contributed by atoms with Gasteiger partial charge in [0.25, 0.3) is 5.69 Å². The van der Waals surface area contributed by atoms with Crippen molar-refractivity contribution in [3.8, 4) is 0 Å². The van der Waals surface area contributed by atoms with Gasteiger partial charge in [0.1, 0.15) is 5.82 Å². The van der Waals surface area contributed by atoms with Crippen LogP contribution in [0.2, 0.25) is 0 Å². The maximum atomic E-state index is 12.9. The zero-order valence-corrected chi connectivity index (χ0v) is 10.4. The van der Waals surface area contributed by atoms with Crippen molar-refractivity contribution in [2.45, 2.75) is 19.9 Å². The second-order valence-electron chi connectivity index (χ2n) is 3.53. The van der Waals surface area contributed by atoms with Crippen LogP contribution in [0.1, 0.15) is 13.8 Å². The Morgan fingerprint density at radius 3 is 2.84 bits per heavy atom. The molecule has 0 fully saturated rings. The average Bonchev–Trinajstić information content (AvgIpc) is 2.36. The highest BCUT2D eigenvalue weighted by Gasteiger charge is 2.16. The van der Waals surface area contributed by atoms with Crippen LogP contribution in [0.5, 0.6) is 0 Å². The Morgan fingerprint density at radius 1 is 1.58 bits per heavy atom. The number of halogens is 1. The summed E-state index contributed by atoms with van der Waals surface area (Å²) in [5.41, 5.74) is -0.637. The molecule has 19 heavy (non-hydrogen) atoms. The third-order valence-electron chi connectivity index (χ3n) is 2.10. The molecule has 1 aromatic rings. The number of hydrogen-bond donors (Lipinski definition) is 0. The van der Waals surface area contributed by atoms with Gasteiger partial charge in [-0.15, -0.1) is 5.11 Å². The molecule has 0 N–H and O–H groups in total. The Kier molecular flexibility index (Phi) is 5.04. The Morgan fingerprint density at radius 2 is 2.26 bits per heavy atom. The maximum Gasteiger partial charge on any atom is 0.332 e. The van der Waals surface area contributed by atoms with Crippen molar-refractivity contribution in [2.24, 2.45) is 10.2 Å². The van der Waals surface area contributed by atoms with E-state index in [0.717, 1.165) is 18.2 Å². The van der Waals surface area contributed by atoms with E-state index in [9.17, 15) is 19.3 Å². The minimum atomic E-state index is -0.885. The van der Waals surface area contributed by atoms with Gasteiger partial charge in [-0.3, -0.25) is 10.1 Å². The number of esters is 1. The van der Waals surface area contributed by atoms with E-state index in [0.29, 0.717) is 0 Å². The second kappa shape index (κ2) is 6.53. The minimum Gasteiger partial charge on any atom is -0.464 e. The van der Waals surface area contributed by atoms with E-state index in [2.05, 4.69) is 10.2 Å². The molecular formula is C11H12FN3O4. The molecule has 0 aromatic heterocycles. The Hall–Kier alpha value is -2.38. The van der Waals surface area contributed by atoms with Crippen molar-refractivity contribution < 1.29 is 18.8 Å². The summed E-state index contributed by atoms with van der Waals surface area (Å²) in [6.07, 6.45) is 0. The zero-order valence-electron chi connectivity index (χ0n) is 10.4. The molecule has 0 heterocycles. The SMILES string of the molecule is CCOC(=O)C(C)N=Nc1ccc(F)cc1[N+](=O)[O-]. The summed E-state index contributed by atoms with van der Waals surface area (Å²) in [7, 11) is 0. The molecule has 1 aromatic carbocycles. The lowest BCUT2D eigenvalue weighted by atomic mass is 10.2. The number of benzene rings is 1. The molecule has 0 spiro atoms. The molecule has 0 amide bonds. The molecule has 1 atom stereocenters. The lowest BCUT2D eigenvalue weighted by molar-refractivity contribution is -0.384. The molecule has 1 rings (SSSR count). The number of nitro benzene ring substituents is 1. The van der Waals surface area contributed by atoms with Gasteiger partial charge in [0.2, 0.25) is 0 Å². The van der Waals surface area contributed by atoms with Gasteiger partial charge in [0, 0.05) is 0 Å². The first-order valence-electron chi connectivity index (χ1n) is 5.47. The van der Waals surface area contributed by atoms with Crippen LogP contribution >= 0.6 is 0 Å². The Labute approximate surface area is 108 Å². The molecule has 0 saturated heterocycles. The summed E-state index contributed by atoms with van der Waals surface area (Å²) in [6.45, 7) is 3.29. The van der Waals surface area contributed by atoms with Crippen molar-refractivity contribution in [3.05, 3.63) is 34.1 Å². The third-order valence-corrected chi connectivity index (χ3v) is 2.10. The number of nitrogens with zero attached hydrogens (tertiary/aromatic N) is 3. The Bertz CT molecular complexity index is 519. The molecular weight excluding hydrogens is 257 g/mol. The predicted octanol–water partition coefficient (Wildman–Crippen LogP) is 2.77. The van der Waals surface area contributed by atoms with Crippen LogP contribution < -0.4 is 0 Å². The molecule has 8 heteroatoms. The van der Waals surface area contributed by atoms with Crippen molar-refractivity contribution in [1.29, 1.82) is 0 Å². The third kappa shape index (κ3) is 4.09. The number of hydrogen-bond acceptors (Lipinski definition) is 6.